The molecule has 4 aromatic rings. The van der Waals surface area contributed by atoms with E-state index in [1.54, 1.807) is 0 Å². The van der Waals surface area contributed by atoms with E-state index in [0.717, 1.165) is 22.7 Å². The standard InChI is InChI=1S/C22H17NO3/c1-23-18-8-7-15(9-14-5-3-2-4-6-14)10-16(18)17-11-20-21(26-13-25-20)12-19(24)22(17)23/h2-8,10-12H,9,13H2,1H3. The highest BCUT2D eigenvalue weighted by atomic mass is 16.7. The summed E-state index contributed by atoms with van der Waals surface area (Å²) in [5, 5.41) is 1.95. The van der Waals surface area contributed by atoms with Gasteiger partial charge in [-0.05, 0) is 35.7 Å². The molecule has 1 aliphatic rings. The SMILES string of the molecule is Cn1c2ccc(Cc3ccccc3)cc2c2cc3c(cc(=O)c21)OCO3. The molecule has 2 heterocycles. The molecule has 0 fully saturated rings. The maximum atomic E-state index is 12.7. The molecule has 0 saturated carbocycles. The average Bonchev–Trinajstić information content (AvgIpc) is 3.15. The lowest BCUT2D eigenvalue weighted by molar-refractivity contribution is 0.173. The maximum absolute atomic E-state index is 12.7. The van der Waals surface area contributed by atoms with Gasteiger partial charge in [0.2, 0.25) is 12.2 Å². The van der Waals surface area contributed by atoms with Gasteiger partial charge >= 0.3 is 0 Å². The Morgan fingerprint density at radius 1 is 0.885 bits per heavy atom. The number of aromatic nitrogens is 1. The number of benzene rings is 2. The van der Waals surface area contributed by atoms with Gasteiger partial charge in [-0.1, -0.05) is 36.4 Å². The van der Waals surface area contributed by atoms with Gasteiger partial charge in [-0.2, -0.15) is 0 Å². The predicted molar refractivity (Wildman–Crippen MR) is 102 cm³/mol. The fraction of sp³-hybridized carbons (Fsp3) is 0.136. The van der Waals surface area contributed by atoms with E-state index in [1.807, 2.05) is 23.7 Å². The van der Waals surface area contributed by atoms with Crippen molar-refractivity contribution in [2.45, 2.75) is 6.42 Å². The molecule has 0 aliphatic carbocycles. The van der Waals surface area contributed by atoms with Crippen LogP contribution in [0.25, 0.3) is 21.8 Å². The molecule has 3 aromatic carbocycles. The van der Waals surface area contributed by atoms with Gasteiger partial charge in [-0.25, -0.2) is 0 Å². The third-order valence-electron chi connectivity index (χ3n) is 5.00. The number of fused-ring (bicyclic) bond motifs is 4. The first-order valence-electron chi connectivity index (χ1n) is 8.59. The summed E-state index contributed by atoms with van der Waals surface area (Å²) in [7, 11) is 1.93. The van der Waals surface area contributed by atoms with Crippen molar-refractivity contribution in [2.75, 3.05) is 6.79 Å². The van der Waals surface area contributed by atoms with E-state index in [9.17, 15) is 4.79 Å². The van der Waals surface area contributed by atoms with Crippen LogP contribution in [0.4, 0.5) is 0 Å². The topological polar surface area (TPSA) is 40.5 Å². The van der Waals surface area contributed by atoms with Crippen LogP contribution in [-0.2, 0) is 13.5 Å². The van der Waals surface area contributed by atoms with Crippen molar-refractivity contribution >= 4 is 21.8 Å². The van der Waals surface area contributed by atoms with Crippen molar-refractivity contribution in [3.63, 3.8) is 0 Å². The number of ether oxygens (including phenoxy) is 2. The van der Waals surface area contributed by atoms with Crippen LogP contribution >= 0.6 is 0 Å². The van der Waals surface area contributed by atoms with Crippen molar-refractivity contribution in [3.05, 3.63) is 82.0 Å². The lowest BCUT2D eigenvalue weighted by Gasteiger charge is -2.03. The van der Waals surface area contributed by atoms with Crippen LogP contribution in [0.3, 0.4) is 0 Å². The van der Waals surface area contributed by atoms with E-state index in [0.29, 0.717) is 17.0 Å². The molecule has 4 nitrogen and oxygen atoms in total. The summed E-state index contributed by atoms with van der Waals surface area (Å²) in [6.45, 7) is 0.157. The Morgan fingerprint density at radius 2 is 1.65 bits per heavy atom. The Balaban J connectivity index is 1.77. The molecule has 0 radical (unpaired) electrons. The van der Waals surface area contributed by atoms with Crippen LogP contribution in [-0.4, -0.2) is 11.4 Å². The van der Waals surface area contributed by atoms with Crippen molar-refractivity contribution in [3.8, 4) is 11.5 Å². The predicted octanol–water partition coefficient (Wildman–Crippen LogP) is 4.01. The quantitative estimate of drug-likeness (QED) is 0.552. The van der Waals surface area contributed by atoms with E-state index in [-0.39, 0.29) is 12.2 Å². The minimum atomic E-state index is -0.0601. The molecule has 1 aliphatic heterocycles. The van der Waals surface area contributed by atoms with Crippen molar-refractivity contribution in [1.29, 1.82) is 0 Å². The van der Waals surface area contributed by atoms with E-state index in [4.69, 9.17) is 9.47 Å². The number of aryl methyl sites for hydroxylation is 1. The first-order chi connectivity index (χ1) is 12.7. The molecule has 0 atom stereocenters. The molecule has 1 aromatic heterocycles. The summed E-state index contributed by atoms with van der Waals surface area (Å²) >= 11 is 0. The van der Waals surface area contributed by atoms with Gasteiger partial charge in [0.1, 0.15) is 0 Å². The molecule has 0 bridgehead atoms. The minimum Gasteiger partial charge on any atom is -0.454 e. The van der Waals surface area contributed by atoms with Crippen LogP contribution < -0.4 is 14.9 Å². The molecule has 128 valence electrons. The second-order valence-electron chi connectivity index (χ2n) is 6.62. The van der Waals surface area contributed by atoms with E-state index >= 15 is 0 Å². The summed E-state index contributed by atoms with van der Waals surface area (Å²) in [5.74, 6) is 1.14. The van der Waals surface area contributed by atoms with Gasteiger partial charge < -0.3 is 14.0 Å². The number of rotatable bonds is 2. The van der Waals surface area contributed by atoms with Crippen molar-refractivity contribution < 1.29 is 9.47 Å². The zero-order valence-electron chi connectivity index (χ0n) is 14.4. The second kappa shape index (κ2) is 5.63. The minimum absolute atomic E-state index is 0.0601. The fourth-order valence-corrected chi connectivity index (χ4v) is 3.75. The molecule has 0 unspecified atom stereocenters. The van der Waals surface area contributed by atoms with Crippen LogP contribution in [0.1, 0.15) is 11.1 Å². The summed E-state index contributed by atoms with van der Waals surface area (Å²) in [5.41, 5.74) is 4.12. The highest BCUT2D eigenvalue weighted by molar-refractivity contribution is 6.08. The molecular formula is C22H17NO3. The van der Waals surface area contributed by atoms with Crippen molar-refractivity contribution in [2.24, 2.45) is 7.05 Å². The van der Waals surface area contributed by atoms with Crippen LogP contribution in [0.2, 0.25) is 0 Å². The number of nitrogens with zero attached hydrogens (tertiary/aromatic N) is 1. The zero-order valence-corrected chi connectivity index (χ0v) is 14.4. The van der Waals surface area contributed by atoms with Gasteiger partial charge in [0, 0.05) is 29.4 Å². The van der Waals surface area contributed by atoms with Gasteiger partial charge in [0.05, 0.1) is 5.52 Å². The monoisotopic (exact) mass is 343 g/mol. The molecule has 5 rings (SSSR count). The fourth-order valence-electron chi connectivity index (χ4n) is 3.75. The van der Waals surface area contributed by atoms with E-state index in [2.05, 4.69) is 42.5 Å². The largest absolute Gasteiger partial charge is 0.454 e. The average molecular weight is 343 g/mol. The molecule has 0 N–H and O–H groups in total. The second-order valence-corrected chi connectivity index (χ2v) is 6.62. The molecular weight excluding hydrogens is 326 g/mol. The molecule has 0 saturated heterocycles. The molecule has 0 amide bonds. The Kier molecular flexibility index (Phi) is 3.25. The Labute approximate surface area is 150 Å². The van der Waals surface area contributed by atoms with Crippen LogP contribution in [0.5, 0.6) is 11.5 Å². The Morgan fingerprint density at radius 3 is 2.46 bits per heavy atom. The number of hydrogen-bond donors (Lipinski definition) is 0. The van der Waals surface area contributed by atoms with Crippen LogP contribution in [0, 0.1) is 0 Å². The Hall–Kier alpha value is -3.27. The smallest absolute Gasteiger partial charge is 0.231 e. The van der Waals surface area contributed by atoms with E-state index in [1.165, 1.54) is 17.2 Å². The highest BCUT2D eigenvalue weighted by Gasteiger charge is 2.18. The summed E-state index contributed by atoms with van der Waals surface area (Å²) < 4.78 is 12.9. The molecule has 4 heteroatoms. The summed E-state index contributed by atoms with van der Waals surface area (Å²) in [4.78, 5) is 12.7. The third-order valence-corrected chi connectivity index (χ3v) is 5.00. The normalized spacial score (nSPS) is 12.8. The number of hydrogen-bond acceptors (Lipinski definition) is 3. The Bertz CT molecular complexity index is 1210. The van der Waals surface area contributed by atoms with Crippen LogP contribution in [0.15, 0.2) is 65.5 Å². The lowest BCUT2D eigenvalue weighted by atomic mass is 10.0. The molecule has 0 spiro atoms. The molecule has 26 heavy (non-hydrogen) atoms. The van der Waals surface area contributed by atoms with E-state index < -0.39 is 0 Å². The lowest BCUT2D eigenvalue weighted by Crippen LogP contribution is -2.02. The first-order valence-corrected chi connectivity index (χ1v) is 8.59. The van der Waals surface area contributed by atoms with Gasteiger partial charge in [-0.15, -0.1) is 0 Å². The maximum Gasteiger partial charge on any atom is 0.231 e. The summed E-state index contributed by atoms with van der Waals surface area (Å²) in [6.07, 6.45) is 0.855. The van der Waals surface area contributed by atoms with Gasteiger partial charge in [0.15, 0.2) is 11.5 Å². The highest BCUT2D eigenvalue weighted by Crippen LogP contribution is 2.35. The first kappa shape index (κ1) is 15.0. The van der Waals surface area contributed by atoms with Crippen molar-refractivity contribution in [1.82, 2.24) is 4.57 Å². The van der Waals surface area contributed by atoms with Gasteiger partial charge in [-0.3, -0.25) is 4.79 Å². The van der Waals surface area contributed by atoms with Gasteiger partial charge in [0.25, 0.3) is 0 Å². The summed E-state index contributed by atoms with van der Waals surface area (Å²) in [6, 6.07) is 20.2. The zero-order chi connectivity index (χ0) is 17.7. The third kappa shape index (κ3) is 2.26.